The Hall–Kier alpha value is -3.47. The monoisotopic (exact) mass is 463 g/mol. The number of aliphatic carboxylic acids is 1. The zero-order valence-electron chi connectivity index (χ0n) is 18.9. The molecule has 182 valence electrons. The smallest absolute Gasteiger partial charge is 0.322 e. The molecular formula is C22H33N5O6. The molecule has 0 saturated carbocycles. The molecule has 0 aliphatic carbocycles. The van der Waals surface area contributed by atoms with Gasteiger partial charge in [0.15, 0.2) is 0 Å². The van der Waals surface area contributed by atoms with E-state index in [1.165, 1.54) is 0 Å². The van der Waals surface area contributed by atoms with E-state index < -0.39 is 54.3 Å². The van der Waals surface area contributed by atoms with Crippen LogP contribution in [0.15, 0.2) is 30.3 Å². The highest BCUT2D eigenvalue weighted by atomic mass is 16.4. The van der Waals surface area contributed by atoms with Crippen LogP contribution >= 0.6 is 0 Å². The number of amides is 4. The molecule has 1 aromatic rings. The quantitative estimate of drug-likeness (QED) is 0.204. The maximum Gasteiger partial charge on any atom is 0.322 e. The van der Waals surface area contributed by atoms with Gasteiger partial charge in [-0.3, -0.25) is 24.0 Å². The van der Waals surface area contributed by atoms with Crippen LogP contribution in [0.4, 0.5) is 0 Å². The molecule has 0 radical (unpaired) electrons. The number of primary amides is 1. The van der Waals surface area contributed by atoms with Crippen molar-refractivity contribution in [1.82, 2.24) is 16.0 Å². The van der Waals surface area contributed by atoms with Gasteiger partial charge in [-0.1, -0.05) is 44.2 Å². The first-order chi connectivity index (χ1) is 15.5. The predicted molar refractivity (Wildman–Crippen MR) is 121 cm³/mol. The second-order valence-electron chi connectivity index (χ2n) is 8.16. The highest BCUT2D eigenvalue weighted by molar-refractivity contribution is 5.94. The fraction of sp³-hybridized carbons (Fsp3) is 0.500. The molecule has 0 aromatic heterocycles. The largest absolute Gasteiger partial charge is 0.480 e. The summed E-state index contributed by atoms with van der Waals surface area (Å²) >= 11 is 0. The Bertz CT molecular complexity index is 830. The average molecular weight is 464 g/mol. The summed E-state index contributed by atoms with van der Waals surface area (Å²) in [6.45, 7) is 3.18. The summed E-state index contributed by atoms with van der Waals surface area (Å²) in [5.41, 5.74) is 11.9. The van der Waals surface area contributed by atoms with Gasteiger partial charge in [0, 0.05) is 12.8 Å². The standard InChI is InChI=1S/C22H33N5O6/c1-13(2)10-15(23)20(31)27-17(11-14-6-4-3-5-7-14)22(33)26-16(8-9-18(24)28)21(32)25-12-19(29)30/h3-7,13,15-17H,8-12,23H2,1-2H3,(H2,24,28)(H,25,32)(H,26,33)(H,27,31)(H,29,30). The lowest BCUT2D eigenvalue weighted by Crippen LogP contribution is -2.56. The number of nitrogens with one attached hydrogen (secondary N) is 3. The van der Waals surface area contributed by atoms with Gasteiger partial charge < -0.3 is 32.5 Å². The van der Waals surface area contributed by atoms with Crippen molar-refractivity contribution < 1.29 is 29.1 Å². The van der Waals surface area contributed by atoms with E-state index in [-0.39, 0.29) is 25.2 Å². The number of hydrogen-bond donors (Lipinski definition) is 6. The molecule has 1 rings (SSSR count). The number of benzene rings is 1. The summed E-state index contributed by atoms with van der Waals surface area (Å²) in [6.07, 6.45) is 0.211. The Balaban J connectivity index is 3.02. The second kappa shape index (κ2) is 13.8. The lowest BCUT2D eigenvalue weighted by molar-refractivity contribution is -0.138. The lowest BCUT2D eigenvalue weighted by atomic mass is 10.0. The van der Waals surface area contributed by atoms with Crippen LogP contribution in [0.1, 0.15) is 38.7 Å². The molecule has 0 aliphatic heterocycles. The SMILES string of the molecule is CC(C)CC(N)C(=O)NC(Cc1ccccc1)C(=O)NC(CCC(N)=O)C(=O)NCC(=O)O. The molecule has 8 N–H and O–H groups in total. The van der Waals surface area contributed by atoms with Crippen molar-refractivity contribution in [2.45, 2.75) is 57.7 Å². The Morgan fingerprint density at radius 1 is 0.939 bits per heavy atom. The first-order valence-electron chi connectivity index (χ1n) is 10.7. The molecular weight excluding hydrogens is 430 g/mol. The summed E-state index contributed by atoms with van der Waals surface area (Å²) in [5.74, 6) is -3.75. The van der Waals surface area contributed by atoms with Crippen molar-refractivity contribution in [3.8, 4) is 0 Å². The second-order valence-corrected chi connectivity index (χ2v) is 8.16. The van der Waals surface area contributed by atoms with Gasteiger partial charge in [0.25, 0.3) is 0 Å². The van der Waals surface area contributed by atoms with Crippen molar-refractivity contribution in [2.75, 3.05) is 6.54 Å². The normalized spacial score (nSPS) is 13.5. The third kappa shape index (κ3) is 11.1. The van der Waals surface area contributed by atoms with Crippen LogP contribution < -0.4 is 27.4 Å². The predicted octanol–water partition coefficient (Wildman–Crippen LogP) is -0.962. The fourth-order valence-electron chi connectivity index (χ4n) is 3.07. The third-order valence-corrected chi connectivity index (χ3v) is 4.70. The molecule has 0 spiro atoms. The van der Waals surface area contributed by atoms with E-state index in [0.717, 1.165) is 5.56 Å². The Labute approximate surface area is 192 Å². The first-order valence-corrected chi connectivity index (χ1v) is 10.7. The average Bonchev–Trinajstić information content (AvgIpc) is 2.74. The minimum Gasteiger partial charge on any atom is -0.480 e. The van der Waals surface area contributed by atoms with Crippen LogP contribution in [0.25, 0.3) is 0 Å². The minimum atomic E-state index is -1.27. The highest BCUT2D eigenvalue weighted by Crippen LogP contribution is 2.08. The van der Waals surface area contributed by atoms with Crippen LogP contribution in [-0.2, 0) is 30.4 Å². The number of carbonyl (C=O) groups is 5. The molecule has 0 bridgehead atoms. The maximum atomic E-state index is 13.0. The molecule has 11 heteroatoms. The van der Waals surface area contributed by atoms with Crippen LogP contribution in [0, 0.1) is 5.92 Å². The zero-order valence-corrected chi connectivity index (χ0v) is 18.9. The first kappa shape index (κ1) is 27.6. The van der Waals surface area contributed by atoms with Gasteiger partial charge in [0.1, 0.15) is 18.6 Å². The zero-order chi connectivity index (χ0) is 25.0. The van der Waals surface area contributed by atoms with Crippen LogP contribution in [0.2, 0.25) is 0 Å². The number of carboxylic acid groups (broad SMARTS) is 1. The van der Waals surface area contributed by atoms with Crippen LogP contribution in [-0.4, -0.2) is 59.4 Å². The molecule has 3 unspecified atom stereocenters. The maximum absolute atomic E-state index is 13.0. The minimum absolute atomic E-state index is 0.131. The van der Waals surface area contributed by atoms with Gasteiger partial charge >= 0.3 is 5.97 Å². The van der Waals surface area contributed by atoms with Gasteiger partial charge in [-0.25, -0.2) is 0 Å². The van der Waals surface area contributed by atoms with Crippen molar-refractivity contribution >= 4 is 29.6 Å². The molecule has 1 aromatic carbocycles. The number of nitrogens with two attached hydrogens (primary N) is 2. The molecule has 0 aliphatic rings. The van der Waals surface area contributed by atoms with Crippen LogP contribution in [0.3, 0.4) is 0 Å². The Kier molecular flexibility index (Phi) is 11.6. The van der Waals surface area contributed by atoms with E-state index in [2.05, 4.69) is 16.0 Å². The summed E-state index contributed by atoms with van der Waals surface area (Å²) in [5, 5.41) is 16.1. The topological polar surface area (TPSA) is 194 Å². The highest BCUT2D eigenvalue weighted by Gasteiger charge is 2.29. The summed E-state index contributed by atoms with van der Waals surface area (Å²) < 4.78 is 0. The van der Waals surface area contributed by atoms with E-state index in [1.807, 2.05) is 19.9 Å². The van der Waals surface area contributed by atoms with Gasteiger partial charge in [0.2, 0.25) is 23.6 Å². The summed E-state index contributed by atoms with van der Waals surface area (Å²) in [7, 11) is 0. The van der Waals surface area contributed by atoms with Crippen molar-refractivity contribution in [1.29, 1.82) is 0 Å². The molecule has 4 amide bonds. The van der Waals surface area contributed by atoms with Crippen molar-refractivity contribution in [2.24, 2.45) is 17.4 Å². The van der Waals surface area contributed by atoms with E-state index in [1.54, 1.807) is 24.3 Å². The summed E-state index contributed by atoms with van der Waals surface area (Å²) in [4.78, 5) is 59.9. The molecule has 3 atom stereocenters. The van der Waals surface area contributed by atoms with Gasteiger partial charge in [-0.2, -0.15) is 0 Å². The molecule has 11 nitrogen and oxygen atoms in total. The molecule has 0 heterocycles. The lowest BCUT2D eigenvalue weighted by Gasteiger charge is -2.24. The fourth-order valence-corrected chi connectivity index (χ4v) is 3.07. The van der Waals surface area contributed by atoms with E-state index >= 15 is 0 Å². The number of hydrogen-bond acceptors (Lipinski definition) is 6. The Morgan fingerprint density at radius 2 is 1.55 bits per heavy atom. The van der Waals surface area contributed by atoms with Gasteiger partial charge in [-0.15, -0.1) is 0 Å². The van der Waals surface area contributed by atoms with Gasteiger partial charge in [-0.05, 0) is 24.3 Å². The van der Waals surface area contributed by atoms with Crippen molar-refractivity contribution in [3.63, 3.8) is 0 Å². The van der Waals surface area contributed by atoms with Crippen LogP contribution in [0.5, 0.6) is 0 Å². The third-order valence-electron chi connectivity index (χ3n) is 4.70. The van der Waals surface area contributed by atoms with E-state index in [0.29, 0.717) is 6.42 Å². The summed E-state index contributed by atoms with van der Waals surface area (Å²) in [6, 6.07) is 5.85. The Morgan fingerprint density at radius 3 is 2.09 bits per heavy atom. The van der Waals surface area contributed by atoms with Crippen molar-refractivity contribution in [3.05, 3.63) is 35.9 Å². The number of rotatable bonds is 14. The molecule has 0 saturated heterocycles. The molecule has 0 fully saturated rings. The van der Waals surface area contributed by atoms with E-state index in [4.69, 9.17) is 16.6 Å². The van der Waals surface area contributed by atoms with E-state index in [9.17, 15) is 24.0 Å². The molecule has 33 heavy (non-hydrogen) atoms. The van der Waals surface area contributed by atoms with Gasteiger partial charge in [0.05, 0.1) is 6.04 Å². The number of carboxylic acids is 1. The number of carbonyl (C=O) groups excluding carboxylic acids is 4.